The van der Waals surface area contributed by atoms with Crippen molar-refractivity contribution in [3.8, 4) is 6.07 Å². The molecule has 1 aromatic heterocycles. The minimum atomic E-state index is -0.414. The van der Waals surface area contributed by atoms with Crippen LogP contribution in [-0.2, 0) is 11.3 Å². The summed E-state index contributed by atoms with van der Waals surface area (Å²) in [7, 11) is 0. The van der Waals surface area contributed by atoms with Crippen LogP contribution in [0.4, 0.5) is 5.13 Å². The van der Waals surface area contributed by atoms with Crippen molar-refractivity contribution in [1.82, 2.24) is 4.98 Å². The molecule has 5 nitrogen and oxygen atoms in total. The maximum atomic E-state index is 11.5. The standard InChI is InChI=1S/C14H13N3O2S/c1-2-19-13(18)12-9-20-14(17-12)16-8-11-5-3-4-10(6-11)7-15/h3-6,9H,2,8H2,1H3,(H,16,17). The zero-order valence-electron chi connectivity index (χ0n) is 10.9. The van der Waals surface area contributed by atoms with Crippen LogP contribution in [0.2, 0.25) is 0 Å². The van der Waals surface area contributed by atoms with Crippen LogP contribution in [0.5, 0.6) is 0 Å². The molecule has 2 aromatic rings. The highest BCUT2D eigenvalue weighted by molar-refractivity contribution is 7.13. The Kier molecular flexibility index (Phi) is 4.69. The van der Waals surface area contributed by atoms with E-state index in [4.69, 9.17) is 10.00 Å². The molecule has 0 radical (unpaired) electrons. The van der Waals surface area contributed by atoms with Crippen LogP contribution >= 0.6 is 11.3 Å². The first-order chi connectivity index (χ1) is 9.72. The van der Waals surface area contributed by atoms with Gasteiger partial charge in [0, 0.05) is 11.9 Å². The Balaban J connectivity index is 1.97. The number of nitrogens with zero attached hydrogens (tertiary/aromatic N) is 2. The average molecular weight is 287 g/mol. The molecular weight excluding hydrogens is 274 g/mol. The molecule has 0 atom stereocenters. The highest BCUT2D eigenvalue weighted by Crippen LogP contribution is 2.17. The van der Waals surface area contributed by atoms with Gasteiger partial charge < -0.3 is 10.1 Å². The fourth-order valence-corrected chi connectivity index (χ4v) is 2.26. The topological polar surface area (TPSA) is 75.0 Å². The normalized spacial score (nSPS) is 9.80. The number of ether oxygens (including phenoxy) is 1. The summed E-state index contributed by atoms with van der Waals surface area (Å²) in [5.74, 6) is -0.414. The predicted molar refractivity (Wildman–Crippen MR) is 76.6 cm³/mol. The number of thiazole rings is 1. The number of nitrogens with one attached hydrogen (secondary N) is 1. The number of rotatable bonds is 5. The van der Waals surface area contributed by atoms with Gasteiger partial charge in [-0.2, -0.15) is 5.26 Å². The van der Waals surface area contributed by atoms with Crippen molar-refractivity contribution in [2.24, 2.45) is 0 Å². The summed E-state index contributed by atoms with van der Waals surface area (Å²) in [5, 5.41) is 14.3. The molecule has 0 amide bonds. The molecule has 2 rings (SSSR count). The Labute approximate surface area is 120 Å². The van der Waals surface area contributed by atoms with Crippen LogP contribution < -0.4 is 5.32 Å². The fourth-order valence-electron chi connectivity index (χ4n) is 1.58. The second kappa shape index (κ2) is 6.68. The van der Waals surface area contributed by atoms with Crippen molar-refractivity contribution in [3.05, 3.63) is 46.5 Å². The smallest absolute Gasteiger partial charge is 0.357 e. The summed E-state index contributed by atoms with van der Waals surface area (Å²) in [5.41, 5.74) is 1.91. The zero-order chi connectivity index (χ0) is 14.4. The van der Waals surface area contributed by atoms with Crippen LogP contribution in [0.3, 0.4) is 0 Å². The quantitative estimate of drug-likeness (QED) is 0.856. The lowest BCUT2D eigenvalue weighted by atomic mass is 10.1. The number of carbonyl (C=O) groups excluding carboxylic acids is 1. The zero-order valence-corrected chi connectivity index (χ0v) is 11.7. The van der Waals surface area contributed by atoms with E-state index in [1.54, 1.807) is 18.4 Å². The molecule has 0 aliphatic rings. The molecule has 0 saturated carbocycles. The van der Waals surface area contributed by atoms with Gasteiger partial charge in [-0.25, -0.2) is 9.78 Å². The van der Waals surface area contributed by atoms with E-state index in [2.05, 4.69) is 16.4 Å². The summed E-state index contributed by atoms with van der Waals surface area (Å²) in [6.07, 6.45) is 0. The summed E-state index contributed by atoms with van der Waals surface area (Å²) in [4.78, 5) is 15.6. The van der Waals surface area contributed by atoms with E-state index in [0.29, 0.717) is 29.5 Å². The van der Waals surface area contributed by atoms with Gasteiger partial charge in [0.2, 0.25) is 0 Å². The van der Waals surface area contributed by atoms with Crippen LogP contribution in [-0.4, -0.2) is 17.6 Å². The number of esters is 1. The van der Waals surface area contributed by atoms with Gasteiger partial charge in [-0.15, -0.1) is 11.3 Å². The van der Waals surface area contributed by atoms with E-state index in [0.717, 1.165) is 5.56 Å². The van der Waals surface area contributed by atoms with Gasteiger partial charge in [0.25, 0.3) is 0 Å². The van der Waals surface area contributed by atoms with Gasteiger partial charge in [0.1, 0.15) is 0 Å². The van der Waals surface area contributed by atoms with E-state index in [9.17, 15) is 4.79 Å². The Morgan fingerprint density at radius 1 is 1.55 bits per heavy atom. The number of benzene rings is 1. The third-order valence-electron chi connectivity index (χ3n) is 2.49. The highest BCUT2D eigenvalue weighted by Gasteiger charge is 2.11. The van der Waals surface area contributed by atoms with Gasteiger partial charge in [0.15, 0.2) is 10.8 Å². The Morgan fingerprint density at radius 3 is 3.15 bits per heavy atom. The number of nitriles is 1. The second-order valence-corrected chi connectivity index (χ2v) is 4.78. The lowest BCUT2D eigenvalue weighted by Gasteiger charge is -2.03. The molecule has 20 heavy (non-hydrogen) atoms. The summed E-state index contributed by atoms with van der Waals surface area (Å²) in [6, 6.07) is 9.42. The number of hydrogen-bond donors (Lipinski definition) is 1. The van der Waals surface area contributed by atoms with E-state index in [1.165, 1.54) is 11.3 Å². The molecule has 1 N–H and O–H groups in total. The summed E-state index contributed by atoms with van der Waals surface area (Å²) < 4.78 is 4.88. The Bertz CT molecular complexity index is 646. The predicted octanol–water partition coefficient (Wildman–Crippen LogP) is 2.80. The lowest BCUT2D eigenvalue weighted by molar-refractivity contribution is 0.0520. The van der Waals surface area contributed by atoms with Crippen molar-refractivity contribution >= 4 is 22.4 Å². The maximum absolute atomic E-state index is 11.5. The van der Waals surface area contributed by atoms with E-state index < -0.39 is 5.97 Å². The fraction of sp³-hybridized carbons (Fsp3) is 0.214. The van der Waals surface area contributed by atoms with Gasteiger partial charge in [-0.05, 0) is 24.6 Å². The van der Waals surface area contributed by atoms with Crippen molar-refractivity contribution in [3.63, 3.8) is 0 Å². The van der Waals surface area contributed by atoms with Crippen molar-refractivity contribution in [2.75, 3.05) is 11.9 Å². The van der Waals surface area contributed by atoms with Gasteiger partial charge >= 0.3 is 5.97 Å². The van der Waals surface area contributed by atoms with Gasteiger partial charge in [-0.1, -0.05) is 12.1 Å². The first-order valence-corrected chi connectivity index (χ1v) is 6.96. The van der Waals surface area contributed by atoms with E-state index in [1.807, 2.05) is 18.2 Å². The first-order valence-electron chi connectivity index (χ1n) is 6.08. The summed E-state index contributed by atoms with van der Waals surface area (Å²) >= 11 is 1.34. The Morgan fingerprint density at radius 2 is 2.40 bits per heavy atom. The van der Waals surface area contributed by atoms with Crippen LogP contribution in [0.15, 0.2) is 29.6 Å². The van der Waals surface area contributed by atoms with Crippen LogP contribution in [0, 0.1) is 11.3 Å². The average Bonchev–Trinajstić information content (AvgIpc) is 2.94. The molecular formula is C14H13N3O2S. The highest BCUT2D eigenvalue weighted by atomic mass is 32.1. The Hall–Kier alpha value is -2.39. The van der Waals surface area contributed by atoms with Crippen LogP contribution in [0.1, 0.15) is 28.5 Å². The van der Waals surface area contributed by atoms with Crippen LogP contribution in [0.25, 0.3) is 0 Å². The summed E-state index contributed by atoms with van der Waals surface area (Å²) in [6.45, 7) is 2.64. The number of carbonyl (C=O) groups is 1. The van der Waals surface area contributed by atoms with Gasteiger partial charge in [0.05, 0.1) is 18.2 Å². The second-order valence-electron chi connectivity index (χ2n) is 3.92. The minimum absolute atomic E-state index is 0.310. The minimum Gasteiger partial charge on any atom is -0.461 e. The number of hydrogen-bond acceptors (Lipinski definition) is 6. The van der Waals surface area contributed by atoms with Crippen molar-refractivity contribution in [1.29, 1.82) is 5.26 Å². The molecule has 0 unspecified atom stereocenters. The van der Waals surface area contributed by atoms with Crippen molar-refractivity contribution in [2.45, 2.75) is 13.5 Å². The molecule has 0 saturated heterocycles. The van der Waals surface area contributed by atoms with Crippen molar-refractivity contribution < 1.29 is 9.53 Å². The molecule has 0 aliphatic carbocycles. The number of anilines is 1. The molecule has 0 aliphatic heterocycles. The number of aromatic nitrogens is 1. The van der Waals surface area contributed by atoms with E-state index in [-0.39, 0.29) is 0 Å². The SMILES string of the molecule is CCOC(=O)c1csc(NCc2cccc(C#N)c2)n1. The van der Waals surface area contributed by atoms with E-state index >= 15 is 0 Å². The third-order valence-corrected chi connectivity index (χ3v) is 3.29. The largest absolute Gasteiger partial charge is 0.461 e. The first kappa shape index (κ1) is 14.0. The molecule has 1 heterocycles. The molecule has 0 spiro atoms. The molecule has 1 aromatic carbocycles. The monoisotopic (exact) mass is 287 g/mol. The molecule has 0 bridgehead atoms. The third kappa shape index (κ3) is 3.56. The molecule has 6 heteroatoms. The van der Waals surface area contributed by atoms with Gasteiger partial charge in [-0.3, -0.25) is 0 Å². The molecule has 0 fully saturated rings. The maximum Gasteiger partial charge on any atom is 0.357 e. The lowest BCUT2D eigenvalue weighted by Crippen LogP contribution is -2.05. The molecule has 102 valence electrons.